The summed E-state index contributed by atoms with van der Waals surface area (Å²) in [6, 6.07) is 8.08. The highest BCUT2D eigenvalue weighted by molar-refractivity contribution is 5.20. The van der Waals surface area contributed by atoms with Crippen molar-refractivity contribution in [1.82, 2.24) is 10.2 Å². The number of benzene rings is 1. The van der Waals surface area contributed by atoms with Gasteiger partial charge in [0.25, 0.3) is 0 Å². The van der Waals surface area contributed by atoms with E-state index in [1.165, 1.54) is 18.4 Å². The van der Waals surface area contributed by atoms with Crippen molar-refractivity contribution in [3.05, 3.63) is 35.6 Å². The van der Waals surface area contributed by atoms with Crippen LogP contribution in [-0.4, -0.2) is 30.6 Å². The molecule has 0 aromatic heterocycles. The van der Waals surface area contributed by atoms with Gasteiger partial charge in [0.1, 0.15) is 5.82 Å². The van der Waals surface area contributed by atoms with Crippen molar-refractivity contribution in [2.45, 2.75) is 51.6 Å². The quantitative estimate of drug-likeness (QED) is 0.852. The minimum atomic E-state index is -0.148. The first kappa shape index (κ1) is 15.5. The summed E-state index contributed by atoms with van der Waals surface area (Å²) in [6.07, 6.45) is 4.76. The van der Waals surface area contributed by atoms with Gasteiger partial charge in [0.05, 0.1) is 0 Å². The number of hydrogen-bond acceptors (Lipinski definition) is 2. The van der Waals surface area contributed by atoms with Crippen LogP contribution < -0.4 is 5.32 Å². The maximum atomic E-state index is 13.1. The van der Waals surface area contributed by atoms with E-state index < -0.39 is 0 Å². The van der Waals surface area contributed by atoms with Crippen LogP contribution in [0.5, 0.6) is 0 Å². The fourth-order valence-electron chi connectivity index (χ4n) is 3.31. The van der Waals surface area contributed by atoms with Crippen LogP contribution in [0.3, 0.4) is 0 Å². The molecule has 1 N–H and O–H groups in total. The number of piperidine rings is 1. The molecule has 0 radical (unpaired) electrons. The largest absolute Gasteiger partial charge is 0.315 e. The molecule has 0 amide bonds. The van der Waals surface area contributed by atoms with E-state index in [0.717, 1.165) is 32.5 Å². The monoisotopic (exact) mass is 278 g/mol. The standard InChI is InChI=1S/C17H27FN2/c1-3-12-20(16-6-5-11-19-13-16)17(4-2)14-7-9-15(18)10-8-14/h7-10,16-17,19H,3-6,11-13H2,1-2H3. The first-order valence-electron chi connectivity index (χ1n) is 7.98. The van der Waals surface area contributed by atoms with Gasteiger partial charge in [-0.1, -0.05) is 26.0 Å². The number of nitrogens with one attached hydrogen (secondary N) is 1. The Balaban J connectivity index is 2.17. The van der Waals surface area contributed by atoms with Gasteiger partial charge in [0, 0.05) is 18.6 Å². The highest BCUT2D eigenvalue weighted by Crippen LogP contribution is 2.28. The molecule has 1 aromatic rings. The average molecular weight is 278 g/mol. The molecule has 2 atom stereocenters. The van der Waals surface area contributed by atoms with Gasteiger partial charge in [0.2, 0.25) is 0 Å². The Morgan fingerprint density at radius 2 is 2.05 bits per heavy atom. The summed E-state index contributed by atoms with van der Waals surface area (Å²) < 4.78 is 13.1. The molecule has 1 aliphatic heterocycles. The Morgan fingerprint density at radius 3 is 2.60 bits per heavy atom. The third kappa shape index (κ3) is 3.80. The van der Waals surface area contributed by atoms with E-state index in [2.05, 4.69) is 24.1 Å². The number of nitrogens with zero attached hydrogens (tertiary/aromatic N) is 1. The third-order valence-corrected chi connectivity index (χ3v) is 4.26. The van der Waals surface area contributed by atoms with Crippen molar-refractivity contribution < 1.29 is 4.39 Å². The lowest BCUT2D eigenvalue weighted by molar-refractivity contribution is 0.108. The first-order chi connectivity index (χ1) is 9.76. The zero-order valence-corrected chi connectivity index (χ0v) is 12.7. The zero-order valence-electron chi connectivity index (χ0n) is 12.7. The van der Waals surface area contributed by atoms with E-state index in [0.29, 0.717) is 12.1 Å². The van der Waals surface area contributed by atoms with Crippen LogP contribution in [0.4, 0.5) is 4.39 Å². The molecule has 2 rings (SSSR count). The molecule has 1 aliphatic rings. The van der Waals surface area contributed by atoms with Gasteiger partial charge in [0.15, 0.2) is 0 Å². The molecular formula is C17H27FN2. The number of hydrogen-bond donors (Lipinski definition) is 1. The minimum Gasteiger partial charge on any atom is -0.315 e. The van der Waals surface area contributed by atoms with E-state index in [9.17, 15) is 4.39 Å². The van der Waals surface area contributed by atoms with E-state index in [1.54, 1.807) is 12.1 Å². The third-order valence-electron chi connectivity index (χ3n) is 4.26. The van der Waals surface area contributed by atoms with Crippen molar-refractivity contribution in [3.63, 3.8) is 0 Å². The van der Waals surface area contributed by atoms with E-state index >= 15 is 0 Å². The summed E-state index contributed by atoms with van der Waals surface area (Å²) in [7, 11) is 0. The summed E-state index contributed by atoms with van der Waals surface area (Å²) in [5, 5.41) is 3.51. The number of rotatable bonds is 6. The van der Waals surface area contributed by atoms with Crippen molar-refractivity contribution >= 4 is 0 Å². The van der Waals surface area contributed by atoms with Gasteiger partial charge in [-0.3, -0.25) is 4.90 Å². The lowest BCUT2D eigenvalue weighted by atomic mass is 9.97. The summed E-state index contributed by atoms with van der Waals surface area (Å²) >= 11 is 0. The fraction of sp³-hybridized carbons (Fsp3) is 0.647. The Kier molecular flexibility index (Phi) is 5.99. The van der Waals surface area contributed by atoms with Gasteiger partial charge in [-0.05, 0) is 56.5 Å². The zero-order chi connectivity index (χ0) is 14.4. The Hall–Kier alpha value is -0.930. The van der Waals surface area contributed by atoms with Crippen molar-refractivity contribution in [1.29, 1.82) is 0 Å². The van der Waals surface area contributed by atoms with Crippen molar-refractivity contribution in [2.75, 3.05) is 19.6 Å². The van der Waals surface area contributed by atoms with Crippen LogP contribution in [0, 0.1) is 5.82 Å². The molecule has 2 unspecified atom stereocenters. The second-order valence-corrected chi connectivity index (χ2v) is 5.71. The highest BCUT2D eigenvalue weighted by atomic mass is 19.1. The predicted molar refractivity (Wildman–Crippen MR) is 82.3 cm³/mol. The Bertz CT molecular complexity index is 384. The van der Waals surface area contributed by atoms with Crippen molar-refractivity contribution in [3.8, 4) is 0 Å². The van der Waals surface area contributed by atoms with E-state index in [-0.39, 0.29) is 5.82 Å². The molecule has 1 aromatic carbocycles. The normalized spacial score (nSPS) is 21.1. The van der Waals surface area contributed by atoms with Gasteiger partial charge >= 0.3 is 0 Å². The van der Waals surface area contributed by atoms with E-state index in [4.69, 9.17) is 0 Å². The molecule has 1 fully saturated rings. The molecule has 20 heavy (non-hydrogen) atoms. The number of halogens is 1. The highest BCUT2D eigenvalue weighted by Gasteiger charge is 2.26. The Labute approximate surface area is 122 Å². The van der Waals surface area contributed by atoms with Crippen LogP contribution in [0.2, 0.25) is 0 Å². The van der Waals surface area contributed by atoms with Gasteiger partial charge < -0.3 is 5.32 Å². The Morgan fingerprint density at radius 1 is 1.30 bits per heavy atom. The summed E-state index contributed by atoms with van der Waals surface area (Å²) in [5.41, 5.74) is 1.24. The maximum absolute atomic E-state index is 13.1. The van der Waals surface area contributed by atoms with Crippen LogP contribution in [0.25, 0.3) is 0 Å². The molecule has 2 nitrogen and oxygen atoms in total. The minimum absolute atomic E-state index is 0.148. The molecule has 1 heterocycles. The van der Waals surface area contributed by atoms with Crippen molar-refractivity contribution in [2.24, 2.45) is 0 Å². The fourth-order valence-corrected chi connectivity index (χ4v) is 3.31. The molecule has 3 heteroatoms. The lowest BCUT2D eigenvalue weighted by Crippen LogP contribution is -2.47. The van der Waals surface area contributed by atoms with Crippen LogP contribution in [0.15, 0.2) is 24.3 Å². The molecule has 0 aliphatic carbocycles. The summed E-state index contributed by atoms with van der Waals surface area (Å²) in [5.74, 6) is -0.148. The second-order valence-electron chi connectivity index (χ2n) is 5.71. The predicted octanol–water partition coefficient (Wildman–Crippen LogP) is 3.74. The molecule has 112 valence electrons. The van der Waals surface area contributed by atoms with Crippen LogP contribution in [-0.2, 0) is 0 Å². The molecule has 1 saturated heterocycles. The topological polar surface area (TPSA) is 15.3 Å². The van der Waals surface area contributed by atoms with Gasteiger partial charge in [-0.15, -0.1) is 0 Å². The first-order valence-corrected chi connectivity index (χ1v) is 7.98. The molecular weight excluding hydrogens is 251 g/mol. The summed E-state index contributed by atoms with van der Waals surface area (Å²) in [6.45, 7) is 7.80. The van der Waals surface area contributed by atoms with Crippen LogP contribution >= 0.6 is 0 Å². The van der Waals surface area contributed by atoms with Gasteiger partial charge in [-0.2, -0.15) is 0 Å². The summed E-state index contributed by atoms with van der Waals surface area (Å²) in [4.78, 5) is 2.62. The lowest BCUT2D eigenvalue weighted by Gasteiger charge is -2.40. The SMILES string of the molecule is CCCN(C1CCCNC1)C(CC)c1ccc(F)cc1. The average Bonchev–Trinajstić information content (AvgIpc) is 2.50. The smallest absolute Gasteiger partial charge is 0.123 e. The molecule has 0 saturated carbocycles. The van der Waals surface area contributed by atoms with Gasteiger partial charge in [-0.25, -0.2) is 4.39 Å². The second kappa shape index (κ2) is 7.75. The maximum Gasteiger partial charge on any atom is 0.123 e. The van der Waals surface area contributed by atoms with E-state index in [1.807, 2.05) is 12.1 Å². The van der Waals surface area contributed by atoms with Crippen LogP contribution in [0.1, 0.15) is 51.1 Å². The molecule has 0 bridgehead atoms. The molecule has 0 spiro atoms.